The minimum absolute atomic E-state index is 0.166. The molecule has 182 valence electrons. The molecule has 2 heterocycles. The van der Waals surface area contributed by atoms with Gasteiger partial charge >= 0.3 is 6.03 Å². The van der Waals surface area contributed by atoms with Crippen molar-refractivity contribution in [1.82, 2.24) is 14.7 Å². The minimum Gasteiger partial charge on any atom is -0.319 e. The summed E-state index contributed by atoms with van der Waals surface area (Å²) in [6.07, 6.45) is 4.69. The molecule has 2 aliphatic heterocycles. The molecule has 7 nitrogen and oxygen atoms in total. The predicted octanol–water partition coefficient (Wildman–Crippen LogP) is 4.23. The van der Waals surface area contributed by atoms with Crippen LogP contribution in [-0.2, 0) is 16.0 Å². The van der Waals surface area contributed by atoms with E-state index in [2.05, 4.69) is 20.1 Å². The second-order valence-corrected chi connectivity index (χ2v) is 9.52. The maximum absolute atomic E-state index is 13.8. The number of carbonyl (C=O) groups is 3. The lowest BCUT2D eigenvalue weighted by Crippen LogP contribution is -2.72. The van der Waals surface area contributed by atoms with Crippen LogP contribution in [0.1, 0.15) is 57.2 Å². The smallest absolute Gasteiger partial charge is 0.319 e. The van der Waals surface area contributed by atoms with E-state index in [1.807, 2.05) is 39.0 Å². The summed E-state index contributed by atoms with van der Waals surface area (Å²) in [5.74, 6) is -0.447. The van der Waals surface area contributed by atoms with Gasteiger partial charge in [0.2, 0.25) is 0 Å². The number of amides is 4. The molecule has 1 aromatic carbocycles. The zero-order chi connectivity index (χ0) is 25.2. The molecule has 0 aliphatic carbocycles. The minimum atomic E-state index is -0.822. The number of carbonyl (C=O) groups excluding carboxylic acids is 3. The third kappa shape index (κ3) is 4.56. The number of imide groups is 1. The highest BCUT2D eigenvalue weighted by molar-refractivity contribution is 6.40. The number of likely N-dealkylation sites (N-methyl/N-ethyl adjacent to an activating group) is 1. The van der Waals surface area contributed by atoms with Gasteiger partial charge in [-0.1, -0.05) is 70.7 Å². The Morgan fingerprint density at radius 3 is 2.41 bits per heavy atom. The van der Waals surface area contributed by atoms with Crippen molar-refractivity contribution in [3.8, 4) is 0 Å². The fourth-order valence-corrected chi connectivity index (χ4v) is 4.92. The van der Waals surface area contributed by atoms with Crippen LogP contribution < -0.4 is 0 Å². The van der Waals surface area contributed by atoms with Gasteiger partial charge in [-0.05, 0) is 36.0 Å². The van der Waals surface area contributed by atoms with Gasteiger partial charge in [-0.15, -0.1) is 0 Å². The first kappa shape index (κ1) is 25.4. The Kier molecular flexibility index (Phi) is 7.75. The number of benzene rings is 1. The topological polar surface area (TPSA) is 73.3 Å². The van der Waals surface area contributed by atoms with Gasteiger partial charge in [0, 0.05) is 26.1 Å². The fraction of sp³-hybridized carbons (Fsp3) is 0.481. The Hall–Kier alpha value is -3.22. The van der Waals surface area contributed by atoms with Crippen LogP contribution in [0.2, 0.25) is 0 Å². The van der Waals surface area contributed by atoms with E-state index in [-0.39, 0.29) is 36.2 Å². The summed E-state index contributed by atoms with van der Waals surface area (Å²) >= 11 is 0. The molecule has 7 heteroatoms. The molecule has 3 rings (SSSR count). The molecule has 0 spiro atoms. The van der Waals surface area contributed by atoms with Gasteiger partial charge in [0.1, 0.15) is 5.71 Å². The van der Waals surface area contributed by atoms with Crippen LogP contribution >= 0.6 is 0 Å². The second-order valence-electron chi connectivity index (χ2n) is 9.52. The van der Waals surface area contributed by atoms with Crippen LogP contribution in [0.4, 0.5) is 4.79 Å². The van der Waals surface area contributed by atoms with Crippen LogP contribution in [0.3, 0.4) is 0 Å². The molecule has 34 heavy (non-hydrogen) atoms. The lowest BCUT2D eigenvalue weighted by Gasteiger charge is -2.50. The van der Waals surface area contributed by atoms with Crippen molar-refractivity contribution in [2.75, 3.05) is 13.6 Å². The highest BCUT2D eigenvalue weighted by atomic mass is 16.2. The summed E-state index contributed by atoms with van der Waals surface area (Å²) in [6, 6.07) is 4.45. The maximum Gasteiger partial charge on any atom is 0.328 e. The summed E-state index contributed by atoms with van der Waals surface area (Å²) in [4.78, 5) is 49.4. The molecule has 3 atom stereocenters. The number of hydrogen-bond acceptors (Lipinski definition) is 4. The summed E-state index contributed by atoms with van der Waals surface area (Å²) in [7, 11) is 1.48. The Balaban J connectivity index is 2.14. The van der Waals surface area contributed by atoms with Crippen molar-refractivity contribution in [3.05, 3.63) is 48.0 Å². The summed E-state index contributed by atoms with van der Waals surface area (Å²) < 4.78 is 0. The lowest BCUT2D eigenvalue weighted by molar-refractivity contribution is -0.150. The summed E-state index contributed by atoms with van der Waals surface area (Å²) in [5.41, 5.74) is 3.09. The Morgan fingerprint density at radius 1 is 1.12 bits per heavy atom. The molecule has 1 fully saturated rings. The molecule has 0 N–H and O–H groups in total. The number of nitrogens with zero attached hydrogens (tertiary/aromatic N) is 4. The summed E-state index contributed by atoms with van der Waals surface area (Å²) in [6.45, 7) is 16.3. The lowest BCUT2D eigenvalue weighted by atomic mass is 9.93. The van der Waals surface area contributed by atoms with Crippen molar-refractivity contribution in [1.29, 1.82) is 0 Å². The third-order valence-corrected chi connectivity index (χ3v) is 6.54. The normalized spacial score (nSPS) is 21.5. The Morgan fingerprint density at radius 2 is 1.82 bits per heavy atom. The molecule has 0 radical (unpaired) electrons. The first-order chi connectivity index (χ1) is 16.2. The van der Waals surface area contributed by atoms with Gasteiger partial charge in [0.15, 0.2) is 12.2 Å². The quantitative estimate of drug-likeness (QED) is 0.549. The summed E-state index contributed by atoms with van der Waals surface area (Å²) in [5, 5.41) is 0. The molecule has 0 saturated carbocycles. The fourth-order valence-electron chi connectivity index (χ4n) is 4.92. The van der Waals surface area contributed by atoms with Gasteiger partial charge in [-0.2, -0.15) is 0 Å². The SMILES string of the molecule is C=Cc1cccc(CC2=NC3C(C(=O)N(C)C(=O)N3CC(C)C)N(C(C)CCC)C2=O)c1C=C. The van der Waals surface area contributed by atoms with Crippen molar-refractivity contribution >= 4 is 35.7 Å². The molecular weight excluding hydrogens is 428 g/mol. The van der Waals surface area contributed by atoms with E-state index in [1.54, 1.807) is 22.0 Å². The van der Waals surface area contributed by atoms with Gasteiger partial charge in [-0.25, -0.2) is 4.79 Å². The van der Waals surface area contributed by atoms with Crippen molar-refractivity contribution in [3.63, 3.8) is 0 Å². The van der Waals surface area contributed by atoms with Crippen LogP contribution in [0.5, 0.6) is 0 Å². The molecule has 3 unspecified atom stereocenters. The number of urea groups is 1. The number of fused-ring (bicyclic) bond motifs is 1. The molecule has 1 saturated heterocycles. The van der Waals surface area contributed by atoms with E-state index in [9.17, 15) is 14.4 Å². The van der Waals surface area contributed by atoms with Gasteiger partial charge in [0.25, 0.3) is 11.8 Å². The predicted molar refractivity (Wildman–Crippen MR) is 136 cm³/mol. The average molecular weight is 465 g/mol. The average Bonchev–Trinajstić information content (AvgIpc) is 2.80. The maximum atomic E-state index is 13.8. The third-order valence-electron chi connectivity index (χ3n) is 6.54. The zero-order valence-electron chi connectivity index (χ0n) is 21.0. The molecule has 0 bridgehead atoms. The standard InChI is InChI=1S/C27H36N4O3/c1-8-12-18(6)31-23-24(30(16-17(4)5)27(34)29(7)26(23)33)28-22(25(31)32)15-20-14-11-13-19(9-2)21(20)10-3/h9-11,13-14,17-18,23-24H,2-3,8,12,15-16H2,1,4-7H3. The highest BCUT2D eigenvalue weighted by Gasteiger charge is 2.53. The van der Waals surface area contributed by atoms with Gasteiger partial charge < -0.3 is 4.90 Å². The monoisotopic (exact) mass is 464 g/mol. The first-order valence-corrected chi connectivity index (χ1v) is 12.0. The zero-order valence-corrected chi connectivity index (χ0v) is 21.0. The van der Waals surface area contributed by atoms with Crippen LogP contribution in [-0.4, -0.2) is 70.1 Å². The van der Waals surface area contributed by atoms with Crippen molar-refractivity contribution < 1.29 is 14.4 Å². The van der Waals surface area contributed by atoms with Crippen LogP contribution in [0.25, 0.3) is 12.2 Å². The van der Waals surface area contributed by atoms with E-state index in [1.165, 1.54) is 7.05 Å². The highest BCUT2D eigenvalue weighted by Crippen LogP contribution is 2.31. The van der Waals surface area contributed by atoms with E-state index in [4.69, 9.17) is 4.99 Å². The van der Waals surface area contributed by atoms with Crippen LogP contribution in [0.15, 0.2) is 36.3 Å². The van der Waals surface area contributed by atoms with E-state index in [0.29, 0.717) is 12.3 Å². The van der Waals surface area contributed by atoms with Gasteiger partial charge in [-0.3, -0.25) is 24.4 Å². The second kappa shape index (κ2) is 10.4. The van der Waals surface area contributed by atoms with E-state index in [0.717, 1.165) is 34.4 Å². The largest absolute Gasteiger partial charge is 0.328 e. The Labute approximate surface area is 202 Å². The molecule has 1 aromatic rings. The van der Waals surface area contributed by atoms with E-state index < -0.39 is 12.2 Å². The first-order valence-electron chi connectivity index (χ1n) is 12.0. The number of hydrogen-bond donors (Lipinski definition) is 0. The van der Waals surface area contributed by atoms with Crippen LogP contribution in [0, 0.1) is 5.92 Å². The molecule has 4 amide bonds. The molecule has 0 aromatic heterocycles. The van der Waals surface area contributed by atoms with Crippen molar-refractivity contribution in [2.45, 2.75) is 65.2 Å². The molecule has 2 aliphatic rings. The molecular formula is C27H36N4O3. The number of rotatable bonds is 9. The van der Waals surface area contributed by atoms with Crippen molar-refractivity contribution in [2.24, 2.45) is 10.9 Å². The number of aliphatic imine (C=N–C) groups is 1. The van der Waals surface area contributed by atoms with Gasteiger partial charge in [0.05, 0.1) is 0 Å². The Bertz CT molecular complexity index is 1030. The van der Waals surface area contributed by atoms with E-state index >= 15 is 0 Å².